The van der Waals surface area contributed by atoms with Crippen molar-refractivity contribution in [2.75, 3.05) is 36.6 Å². The van der Waals surface area contributed by atoms with E-state index in [4.69, 9.17) is 16.2 Å². The fraction of sp³-hybridized carbons (Fsp3) is 0.545. The number of likely N-dealkylation sites (N-methyl/N-ethyl adjacent to an activating group) is 1. The molecular weight excluding hydrogens is 204 g/mol. The highest BCUT2D eigenvalue weighted by Gasteiger charge is 2.18. The second-order valence-corrected chi connectivity index (χ2v) is 4.16. The van der Waals surface area contributed by atoms with E-state index in [0.29, 0.717) is 17.6 Å². The maximum Gasteiger partial charge on any atom is 0.149 e. The molecular formula is C11H18N4O. The molecule has 1 unspecified atom stereocenters. The monoisotopic (exact) mass is 222 g/mol. The second kappa shape index (κ2) is 4.57. The first-order valence-corrected chi connectivity index (χ1v) is 5.51. The molecule has 5 nitrogen and oxygen atoms in total. The molecule has 16 heavy (non-hydrogen) atoms. The van der Waals surface area contributed by atoms with Crippen molar-refractivity contribution in [3.05, 3.63) is 12.1 Å². The summed E-state index contributed by atoms with van der Waals surface area (Å²) in [5, 5.41) is 0. The molecule has 1 fully saturated rings. The van der Waals surface area contributed by atoms with Crippen LogP contribution in [0.15, 0.2) is 12.1 Å². The average molecular weight is 222 g/mol. The van der Waals surface area contributed by atoms with Crippen molar-refractivity contribution in [3.63, 3.8) is 0 Å². The van der Waals surface area contributed by atoms with Crippen LogP contribution in [-0.2, 0) is 4.74 Å². The number of aromatic nitrogens is 1. The molecule has 1 aromatic heterocycles. The molecule has 2 heterocycles. The number of rotatable bonds is 3. The van der Waals surface area contributed by atoms with Crippen LogP contribution in [-0.4, -0.2) is 31.3 Å². The first-order chi connectivity index (χ1) is 7.66. The summed E-state index contributed by atoms with van der Waals surface area (Å²) >= 11 is 0. The number of nitrogen functional groups attached to an aromatic ring is 2. The molecule has 2 rings (SSSR count). The minimum atomic E-state index is 0.311. The van der Waals surface area contributed by atoms with Gasteiger partial charge < -0.3 is 21.1 Å². The van der Waals surface area contributed by atoms with Crippen molar-refractivity contribution in [2.24, 2.45) is 0 Å². The molecule has 1 aromatic rings. The summed E-state index contributed by atoms with van der Waals surface area (Å²) in [6, 6.07) is 3.66. The lowest BCUT2D eigenvalue weighted by Gasteiger charge is -2.22. The van der Waals surface area contributed by atoms with Gasteiger partial charge in [0, 0.05) is 20.2 Å². The lowest BCUT2D eigenvalue weighted by Crippen LogP contribution is -2.29. The van der Waals surface area contributed by atoms with E-state index in [1.165, 1.54) is 0 Å². The van der Waals surface area contributed by atoms with Gasteiger partial charge in [0.25, 0.3) is 0 Å². The molecule has 1 aliphatic rings. The van der Waals surface area contributed by atoms with Gasteiger partial charge in [-0.2, -0.15) is 0 Å². The van der Waals surface area contributed by atoms with E-state index >= 15 is 0 Å². The van der Waals surface area contributed by atoms with Crippen LogP contribution >= 0.6 is 0 Å². The smallest absolute Gasteiger partial charge is 0.149 e. The van der Waals surface area contributed by atoms with Crippen LogP contribution in [0.2, 0.25) is 0 Å². The van der Waals surface area contributed by atoms with Crippen LogP contribution in [0.4, 0.5) is 17.3 Å². The Morgan fingerprint density at radius 3 is 2.94 bits per heavy atom. The molecule has 0 radical (unpaired) electrons. The van der Waals surface area contributed by atoms with Gasteiger partial charge in [-0.25, -0.2) is 4.98 Å². The third-order valence-corrected chi connectivity index (χ3v) is 2.84. The summed E-state index contributed by atoms with van der Waals surface area (Å²) in [7, 11) is 1.99. The Hall–Kier alpha value is -1.49. The van der Waals surface area contributed by atoms with E-state index in [2.05, 4.69) is 4.98 Å². The average Bonchev–Trinajstić information content (AvgIpc) is 2.74. The fourth-order valence-corrected chi connectivity index (χ4v) is 1.87. The van der Waals surface area contributed by atoms with Crippen LogP contribution in [0.1, 0.15) is 12.8 Å². The number of anilines is 3. The second-order valence-electron chi connectivity index (χ2n) is 4.16. The van der Waals surface area contributed by atoms with Crippen molar-refractivity contribution in [1.29, 1.82) is 0 Å². The van der Waals surface area contributed by atoms with Gasteiger partial charge in [0.2, 0.25) is 0 Å². The highest BCUT2D eigenvalue weighted by molar-refractivity contribution is 5.62. The van der Waals surface area contributed by atoms with Crippen LogP contribution in [0.5, 0.6) is 0 Å². The molecule has 5 heteroatoms. The minimum absolute atomic E-state index is 0.311. The number of nitrogens with zero attached hydrogens (tertiary/aromatic N) is 2. The zero-order valence-corrected chi connectivity index (χ0v) is 9.52. The number of pyridine rings is 1. The molecule has 4 N–H and O–H groups in total. The zero-order chi connectivity index (χ0) is 11.5. The molecule has 0 saturated carbocycles. The van der Waals surface area contributed by atoms with Gasteiger partial charge in [-0.1, -0.05) is 0 Å². The number of hydrogen-bond donors (Lipinski definition) is 2. The Kier molecular flexibility index (Phi) is 3.14. The van der Waals surface area contributed by atoms with Crippen LogP contribution in [0.25, 0.3) is 0 Å². The molecule has 1 aliphatic heterocycles. The molecule has 0 spiro atoms. The number of nitrogens with two attached hydrogens (primary N) is 2. The van der Waals surface area contributed by atoms with Gasteiger partial charge in [-0.3, -0.25) is 0 Å². The SMILES string of the molecule is CN(CC1CCCO1)c1ccc(N)c(N)n1. The molecule has 1 atom stereocenters. The maximum absolute atomic E-state index is 5.67. The summed E-state index contributed by atoms with van der Waals surface area (Å²) in [5.41, 5.74) is 11.8. The number of hydrogen-bond acceptors (Lipinski definition) is 5. The van der Waals surface area contributed by atoms with Crippen LogP contribution < -0.4 is 16.4 Å². The van der Waals surface area contributed by atoms with Gasteiger partial charge in [0.1, 0.15) is 11.6 Å². The van der Waals surface area contributed by atoms with Gasteiger partial charge in [0.05, 0.1) is 11.8 Å². The summed E-state index contributed by atoms with van der Waals surface area (Å²) in [6.07, 6.45) is 2.58. The highest BCUT2D eigenvalue weighted by Crippen LogP contribution is 2.19. The summed E-state index contributed by atoms with van der Waals surface area (Å²) in [4.78, 5) is 6.29. The molecule has 88 valence electrons. The van der Waals surface area contributed by atoms with Gasteiger partial charge in [0.15, 0.2) is 0 Å². The van der Waals surface area contributed by atoms with Crippen LogP contribution in [0.3, 0.4) is 0 Å². The standard InChI is InChI=1S/C11H18N4O/c1-15(7-8-3-2-6-16-8)10-5-4-9(12)11(13)14-10/h4-5,8H,2-3,6-7,12H2,1H3,(H2,13,14). The topological polar surface area (TPSA) is 77.4 Å². The van der Waals surface area contributed by atoms with E-state index in [1.807, 2.05) is 18.0 Å². The van der Waals surface area contributed by atoms with Gasteiger partial charge in [-0.05, 0) is 25.0 Å². The molecule has 0 aromatic carbocycles. The van der Waals surface area contributed by atoms with E-state index in [1.54, 1.807) is 6.07 Å². The largest absolute Gasteiger partial charge is 0.396 e. The number of ether oxygens (including phenoxy) is 1. The van der Waals surface area contributed by atoms with Gasteiger partial charge >= 0.3 is 0 Å². The van der Waals surface area contributed by atoms with Crippen molar-refractivity contribution in [2.45, 2.75) is 18.9 Å². The molecule has 0 amide bonds. The van der Waals surface area contributed by atoms with E-state index in [0.717, 1.165) is 31.8 Å². The van der Waals surface area contributed by atoms with Crippen molar-refractivity contribution >= 4 is 17.3 Å². The van der Waals surface area contributed by atoms with E-state index < -0.39 is 0 Å². The third kappa shape index (κ3) is 2.36. The summed E-state index contributed by atoms with van der Waals surface area (Å²) in [5.74, 6) is 1.22. The third-order valence-electron chi connectivity index (χ3n) is 2.84. The van der Waals surface area contributed by atoms with Crippen molar-refractivity contribution in [3.8, 4) is 0 Å². The lowest BCUT2D eigenvalue weighted by atomic mass is 10.2. The molecule has 0 bridgehead atoms. The van der Waals surface area contributed by atoms with E-state index in [-0.39, 0.29) is 0 Å². The molecule has 1 saturated heterocycles. The van der Waals surface area contributed by atoms with Crippen LogP contribution in [0, 0.1) is 0 Å². The summed E-state index contributed by atoms with van der Waals surface area (Å²) < 4.78 is 5.57. The van der Waals surface area contributed by atoms with E-state index in [9.17, 15) is 0 Å². The predicted octanol–water partition coefficient (Wildman–Crippen LogP) is 0.861. The maximum atomic E-state index is 5.67. The quantitative estimate of drug-likeness (QED) is 0.793. The Morgan fingerprint density at radius 1 is 1.50 bits per heavy atom. The summed E-state index contributed by atoms with van der Waals surface area (Å²) in [6.45, 7) is 1.71. The Bertz CT molecular complexity index is 363. The fourth-order valence-electron chi connectivity index (χ4n) is 1.87. The normalized spacial score (nSPS) is 19.9. The first-order valence-electron chi connectivity index (χ1n) is 5.51. The Balaban J connectivity index is 2.02. The highest BCUT2D eigenvalue weighted by atomic mass is 16.5. The first kappa shape index (κ1) is 11.0. The lowest BCUT2D eigenvalue weighted by molar-refractivity contribution is 0.116. The van der Waals surface area contributed by atoms with Crippen molar-refractivity contribution in [1.82, 2.24) is 4.98 Å². The predicted molar refractivity (Wildman–Crippen MR) is 65.3 cm³/mol. The van der Waals surface area contributed by atoms with Gasteiger partial charge in [-0.15, -0.1) is 0 Å². The Morgan fingerprint density at radius 2 is 2.31 bits per heavy atom. The Labute approximate surface area is 95.4 Å². The molecule has 0 aliphatic carbocycles. The minimum Gasteiger partial charge on any atom is -0.396 e. The van der Waals surface area contributed by atoms with Crippen molar-refractivity contribution < 1.29 is 4.74 Å². The zero-order valence-electron chi connectivity index (χ0n) is 9.52.